The molecule has 7 nitrogen and oxygen atoms in total. The van der Waals surface area contributed by atoms with Crippen molar-refractivity contribution in [1.82, 2.24) is 19.7 Å². The molecular weight excluding hydrogens is 386 g/mol. The smallest absolute Gasteiger partial charge is 0.255 e. The highest BCUT2D eigenvalue weighted by molar-refractivity contribution is 7.99. The number of hydrogen-bond donors (Lipinski definition) is 2. The number of anilines is 1. The number of aromatic nitrogens is 4. The van der Waals surface area contributed by atoms with Crippen molar-refractivity contribution in [2.75, 3.05) is 5.32 Å². The van der Waals surface area contributed by atoms with Crippen molar-refractivity contribution in [3.8, 4) is 5.95 Å². The summed E-state index contributed by atoms with van der Waals surface area (Å²) in [7, 11) is 0. The first-order chi connectivity index (χ1) is 13.7. The van der Waals surface area contributed by atoms with Crippen molar-refractivity contribution in [2.45, 2.75) is 51.2 Å². The second kappa shape index (κ2) is 8.65. The minimum Gasteiger partial charge on any atom is -0.310 e. The first kappa shape index (κ1) is 20.9. The highest BCUT2D eigenvalue weighted by atomic mass is 32.2. The van der Waals surface area contributed by atoms with Gasteiger partial charge in [0.05, 0.1) is 12.1 Å². The van der Waals surface area contributed by atoms with Gasteiger partial charge in [0.25, 0.3) is 5.56 Å². The molecule has 0 radical (unpaired) electrons. The van der Waals surface area contributed by atoms with E-state index < -0.39 is 0 Å². The molecule has 0 saturated heterocycles. The Kier molecular flexibility index (Phi) is 6.22. The topological polar surface area (TPSA) is 92.7 Å². The van der Waals surface area contributed by atoms with E-state index in [-0.39, 0.29) is 23.8 Å². The Morgan fingerprint density at radius 3 is 2.52 bits per heavy atom. The van der Waals surface area contributed by atoms with E-state index in [1.807, 2.05) is 31.2 Å². The van der Waals surface area contributed by atoms with Gasteiger partial charge in [0.1, 0.15) is 5.82 Å². The van der Waals surface area contributed by atoms with Gasteiger partial charge in [-0.15, -0.1) is 11.8 Å². The number of nitrogens with one attached hydrogen (secondary N) is 2. The summed E-state index contributed by atoms with van der Waals surface area (Å²) < 4.78 is 1.45. The van der Waals surface area contributed by atoms with Crippen LogP contribution in [0.5, 0.6) is 0 Å². The monoisotopic (exact) mass is 411 g/mol. The average Bonchev–Trinajstić information content (AvgIpc) is 3.00. The van der Waals surface area contributed by atoms with Crippen LogP contribution < -0.4 is 10.9 Å². The maximum Gasteiger partial charge on any atom is 0.255 e. The molecule has 0 aliphatic carbocycles. The van der Waals surface area contributed by atoms with Gasteiger partial charge in [0.15, 0.2) is 0 Å². The Labute approximate surface area is 174 Å². The van der Waals surface area contributed by atoms with Gasteiger partial charge in [-0.3, -0.25) is 14.6 Å². The Bertz CT molecular complexity index is 1080. The van der Waals surface area contributed by atoms with Crippen LogP contribution in [0, 0.1) is 20.8 Å². The lowest BCUT2D eigenvalue weighted by molar-refractivity contribution is -0.115. The Balaban J connectivity index is 1.77. The van der Waals surface area contributed by atoms with E-state index in [0.29, 0.717) is 28.0 Å². The molecule has 3 rings (SSSR count). The quantitative estimate of drug-likeness (QED) is 0.605. The van der Waals surface area contributed by atoms with Crippen molar-refractivity contribution in [3.63, 3.8) is 0 Å². The first-order valence-corrected chi connectivity index (χ1v) is 10.3. The van der Waals surface area contributed by atoms with Crippen molar-refractivity contribution < 1.29 is 4.79 Å². The lowest BCUT2D eigenvalue weighted by Gasteiger charge is -2.10. The zero-order valence-electron chi connectivity index (χ0n) is 17.2. The molecule has 152 valence electrons. The fourth-order valence-electron chi connectivity index (χ4n) is 2.81. The summed E-state index contributed by atoms with van der Waals surface area (Å²) in [6.45, 7) is 9.59. The number of aryl methyl sites for hydroxylation is 2. The number of aromatic amines is 1. The van der Waals surface area contributed by atoms with Crippen LogP contribution >= 0.6 is 11.8 Å². The number of amides is 1. The largest absolute Gasteiger partial charge is 0.310 e. The van der Waals surface area contributed by atoms with E-state index in [2.05, 4.69) is 34.2 Å². The third-order valence-corrected chi connectivity index (χ3v) is 5.36. The molecule has 0 saturated carbocycles. The number of carbonyl (C=O) groups is 1. The molecule has 2 heterocycles. The molecule has 0 atom stereocenters. The summed E-state index contributed by atoms with van der Waals surface area (Å²) in [4.78, 5) is 32.9. The zero-order chi connectivity index (χ0) is 21.1. The molecule has 2 N–H and O–H groups in total. The second-order valence-electron chi connectivity index (χ2n) is 7.22. The highest BCUT2D eigenvalue weighted by Crippen LogP contribution is 2.23. The second-order valence-corrected chi connectivity index (χ2v) is 8.87. The summed E-state index contributed by atoms with van der Waals surface area (Å²) in [6.07, 6.45) is 0.244. The van der Waals surface area contributed by atoms with Crippen LogP contribution in [0.25, 0.3) is 5.95 Å². The summed E-state index contributed by atoms with van der Waals surface area (Å²) in [5.41, 5.74) is 2.58. The third-order valence-electron chi connectivity index (χ3n) is 4.34. The van der Waals surface area contributed by atoms with Crippen LogP contribution in [0.4, 0.5) is 5.82 Å². The lowest BCUT2D eigenvalue weighted by atomic mass is 10.1. The highest BCUT2D eigenvalue weighted by Gasteiger charge is 2.14. The van der Waals surface area contributed by atoms with E-state index in [1.165, 1.54) is 9.58 Å². The lowest BCUT2D eigenvalue weighted by Crippen LogP contribution is -2.21. The van der Waals surface area contributed by atoms with Crippen molar-refractivity contribution >= 4 is 23.5 Å². The number of nitrogens with zero attached hydrogens (tertiary/aromatic N) is 3. The number of rotatable bonds is 6. The fourth-order valence-corrected chi connectivity index (χ4v) is 3.65. The van der Waals surface area contributed by atoms with Gasteiger partial charge in [0.2, 0.25) is 11.9 Å². The Hall–Kier alpha value is -2.87. The van der Waals surface area contributed by atoms with Crippen LogP contribution in [0.1, 0.15) is 36.4 Å². The predicted molar refractivity (Wildman–Crippen MR) is 116 cm³/mol. The Morgan fingerprint density at radius 2 is 1.90 bits per heavy atom. The molecule has 29 heavy (non-hydrogen) atoms. The minimum absolute atomic E-state index is 0.165. The number of hydrogen-bond acceptors (Lipinski definition) is 5. The van der Waals surface area contributed by atoms with E-state index >= 15 is 0 Å². The minimum atomic E-state index is -0.225. The summed E-state index contributed by atoms with van der Waals surface area (Å²) >= 11 is 1.79. The SMILES string of the molecule is Cc1cc(NC(=O)Cc2ccc(SC(C)C)cc2)n(-c2nc(C)c(C)c(=O)[nH]2)n1. The number of thioether (sulfide) groups is 1. The number of H-pyrrole nitrogens is 1. The molecule has 0 spiro atoms. The maximum absolute atomic E-state index is 12.6. The van der Waals surface area contributed by atoms with Crippen molar-refractivity contribution in [1.29, 1.82) is 0 Å². The molecule has 2 aromatic heterocycles. The van der Waals surface area contributed by atoms with Crippen molar-refractivity contribution in [3.05, 3.63) is 63.2 Å². The van der Waals surface area contributed by atoms with Gasteiger partial charge < -0.3 is 5.32 Å². The van der Waals surface area contributed by atoms with E-state index in [1.54, 1.807) is 31.7 Å². The molecule has 0 bridgehead atoms. The van der Waals surface area contributed by atoms with E-state index in [9.17, 15) is 9.59 Å². The molecule has 0 aliphatic heterocycles. The van der Waals surface area contributed by atoms with Crippen LogP contribution in [0.15, 0.2) is 40.0 Å². The molecule has 8 heteroatoms. The molecule has 0 unspecified atom stereocenters. The van der Waals surface area contributed by atoms with Gasteiger partial charge in [-0.05, 0) is 38.5 Å². The molecule has 0 aliphatic rings. The van der Waals surface area contributed by atoms with E-state index in [0.717, 1.165) is 5.56 Å². The van der Waals surface area contributed by atoms with Crippen LogP contribution in [0.2, 0.25) is 0 Å². The standard InChI is InChI=1S/C21H25N5O2S/c1-12(2)29-17-8-6-16(7-9-17)11-19(27)23-18-10-13(3)25-26(18)21-22-15(5)14(4)20(28)24-21/h6-10,12H,11H2,1-5H3,(H,23,27)(H,22,24,28). The van der Waals surface area contributed by atoms with Gasteiger partial charge >= 0.3 is 0 Å². The van der Waals surface area contributed by atoms with Gasteiger partial charge in [-0.1, -0.05) is 26.0 Å². The third kappa shape index (κ3) is 5.14. The molecule has 3 aromatic rings. The van der Waals surface area contributed by atoms with Crippen LogP contribution in [0.3, 0.4) is 0 Å². The summed E-state index contributed by atoms with van der Waals surface area (Å²) in [5, 5.41) is 7.74. The molecular formula is C21H25N5O2S. The summed E-state index contributed by atoms with van der Waals surface area (Å²) in [6, 6.07) is 9.75. The number of carbonyl (C=O) groups excluding carboxylic acids is 1. The zero-order valence-corrected chi connectivity index (χ0v) is 18.1. The molecule has 1 aromatic carbocycles. The first-order valence-electron chi connectivity index (χ1n) is 9.43. The van der Waals surface area contributed by atoms with Crippen LogP contribution in [-0.4, -0.2) is 30.9 Å². The maximum atomic E-state index is 12.6. The van der Waals surface area contributed by atoms with Gasteiger partial charge in [0, 0.05) is 27.5 Å². The van der Waals surface area contributed by atoms with E-state index in [4.69, 9.17) is 0 Å². The van der Waals surface area contributed by atoms with Crippen molar-refractivity contribution in [2.24, 2.45) is 0 Å². The molecule has 0 fully saturated rings. The average molecular weight is 412 g/mol. The Morgan fingerprint density at radius 1 is 1.21 bits per heavy atom. The number of benzene rings is 1. The van der Waals surface area contributed by atoms with Gasteiger partial charge in [-0.25, -0.2) is 4.98 Å². The molecule has 1 amide bonds. The summed E-state index contributed by atoms with van der Waals surface area (Å²) in [5.74, 6) is 0.573. The fraction of sp³-hybridized carbons (Fsp3) is 0.333. The van der Waals surface area contributed by atoms with Crippen LogP contribution in [-0.2, 0) is 11.2 Å². The normalized spacial score (nSPS) is 11.1. The van der Waals surface area contributed by atoms with Gasteiger partial charge in [-0.2, -0.15) is 9.78 Å². The predicted octanol–water partition coefficient (Wildman–Crippen LogP) is 3.56.